The highest BCUT2D eigenvalue weighted by molar-refractivity contribution is 6.14. The van der Waals surface area contributed by atoms with Gasteiger partial charge < -0.3 is 9.55 Å². The second kappa shape index (κ2) is 9.42. The second-order valence-electron chi connectivity index (χ2n) is 9.47. The van der Waals surface area contributed by atoms with Gasteiger partial charge in [-0.15, -0.1) is 0 Å². The molecule has 38 heavy (non-hydrogen) atoms. The second-order valence-corrected chi connectivity index (χ2v) is 9.47. The van der Waals surface area contributed by atoms with E-state index in [0.717, 1.165) is 0 Å². The van der Waals surface area contributed by atoms with Crippen molar-refractivity contribution in [1.82, 2.24) is 9.55 Å². The Morgan fingerprint density at radius 2 is 0.921 bits per heavy atom. The van der Waals surface area contributed by atoms with Gasteiger partial charge in [0.1, 0.15) is 0 Å². The minimum Gasteiger partial charge on any atom is -0.354 e. The summed E-state index contributed by atoms with van der Waals surface area (Å²) in [5, 5.41) is 5.21. The van der Waals surface area contributed by atoms with E-state index >= 15 is 0 Å². The summed E-state index contributed by atoms with van der Waals surface area (Å²) >= 11 is 0. The molecule has 0 aliphatic carbocycles. The molecule has 0 unspecified atom stereocenters. The number of benzene rings is 6. The number of aromatic amines is 1. The van der Waals surface area contributed by atoms with Crippen LogP contribution in [0.15, 0.2) is 152 Å². The number of H-pyrrole nitrogens is 1. The first-order valence-electron chi connectivity index (χ1n) is 13.0. The zero-order valence-corrected chi connectivity index (χ0v) is 20.9. The number of hydrogen-bond donors (Lipinski definition) is 1. The highest BCUT2D eigenvalue weighted by atomic mass is 15.0. The van der Waals surface area contributed by atoms with Crippen molar-refractivity contribution in [2.75, 3.05) is 0 Å². The van der Waals surface area contributed by atoms with Crippen LogP contribution in [0.4, 0.5) is 0 Å². The first-order valence-corrected chi connectivity index (χ1v) is 13.0. The van der Waals surface area contributed by atoms with E-state index in [9.17, 15) is 0 Å². The van der Waals surface area contributed by atoms with Gasteiger partial charge in [0.05, 0.1) is 11.0 Å². The molecule has 2 heterocycles. The van der Waals surface area contributed by atoms with Gasteiger partial charge in [0.2, 0.25) is 0 Å². The van der Waals surface area contributed by atoms with Crippen LogP contribution in [0.3, 0.4) is 0 Å². The van der Waals surface area contributed by atoms with Gasteiger partial charge in [-0.2, -0.15) is 0 Å². The highest BCUT2D eigenvalue weighted by Gasteiger charge is 2.11. The largest absolute Gasteiger partial charge is 0.354 e. The summed E-state index contributed by atoms with van der Waals surface area (Å²) in [7, 11) is 0. The predicted molar refractivity (Wildman–Crippen MR) is 162 cm³/mol. The van der Waals surface area contributed by atoms with Crippen LogP contribution in [-0.4, -0.2) is 9.55 Å². The number of hydrogen-bond acceptors (Lipinski definition) is 0. The van der Waals surface area contributed by atoms with E-state index in [0.29, 0.717) is 0 Å². The fourth-order valence-electron chi connectivity index (χ4n) is 5.54. The van der Waals surface area contributed by atoms with Gasteiger partial charge >= 0.3 is 0 Å². The van der Waals surface area contributed by atoms with Gasteiger partial charge in [-0.05, 0) is 47.5 Å². The first kappa shape index (κ1) is 22.1. The van der Waals surface area contributed by atoms with E-state index < -0.39 is 0 Å². The molecule has 0 amide bonds. The molecule has 0 fully saturated rings. The fourth-order valence-corrected chi connectivity index (χ4v) is 5.54. The van der Waals surface area contributed by atoms with Crippen LogP contribution < -0.4 is 0 Å². The van der Waals surface area contributed by atoms with Crippen LogP contribution in [-0.2, 0) is 0 Å². The molecule has 0 atom stereocenters. The smallest absolute Gasteiger partial charge is 0.0541 e. The minimum absolute atomic E-state index is 1.20. The van der Waals surface area contributed by atoms with Crippen LogP contribution in [0.5, 0.6) is 0 Å². The lowest BCUT2D eigenvalue weighted by Gasteiger charge is -2.06. The average molecular weight is 487 g/mol. The summed E-state index contributed by atoms with van der Waals surface area (Å²) in [6.45, 7) is 0. The molecule has 0 bridgehead atoms. The molecule has 0 aliphatic rings. The zero-order valence-electron chi connectivity index (χ0n) is 20.9. The molecule has 0 aliphatic heterocycles. The van der Waals surface area contributed by atoms with Crippen LogP contribution >= 0.6 is 0 Å². The molecule has 180 valence electrons. The summed E-state index contributed by atoms with van der Waals surface area (Å²) in [5.41, 5.74) is 8.67. The molecular weight excluding hydrogens is 460 g/mol. The number of aromatic nitrogens is 2. The topological polar surface area (TPSA) is 20.7 Å². The Bertz CT molecular complexity index is 1950. The van der Waals surface area contributed by atoms with E-state index in [-0.39, 0.29) is 0 Å². The van der Waals surface area contributed by atoms with Crippen molar-refractivity contribution in [2.24, 2.45) is 0 Å². The molecule has 0 radical (unpaired) electrons. The number of rotatable bonds is 2. The van der Waals surface area contributed by atoms with E-state index in [1.807, 2.05) is 0 Å². The van der Waals surface area contributed by atoms with Crippen LogP contribution in [0.25, 0.3) is 60.4 Å². The van der Waals surface area contributed by atoms with Gasteiger partial charge in [0.15, 0.2) is 0 Å². The van der Waals surface area contributed by atoms with Crippen molar-refractivity contribution < 1.29 is 0 Å². The monoisotopic (exact) mass is 486 g/mol. The lowest BCUT2D eigenvalue weighted by atomic mass is 10.00. The summed E-state index contributed by atoms with van der Waals surface area (Å²) < 4.78 is 2.32. The number of para-hydroxylation sites is 4. The number of fused-ring (bicyclic) bond motifs is 6. The maximum atomic E-state index is 3.49. The third-order valence-electron chi connectivity index (χ3n) is 7.21. The molecule has 0 spiro atoms. The van der Waals surface area contributed by atoms with Crippen molar-refractivity contribution in [2.45, 2.75) is 0 Å². The Morgan fingerprint density at radius 3 is 1.61 bits per heavy atom. The molecule has 2 heteroatoms. The maximum absolute atomic E-state index is 3.49. The lowest BCUT2D eigenvalue weighted by molar-refractivity contribution is 1.18. The molecular formula is C36H26N2. The Hall–Kier alpha value is -5.08. The molecule has 6 aromatic carbocycles. The van der Waals surface area contributed by atoms with Crippen molar-refractivity contribution in [3.8, 4) is 16.8 Å². The molecule has 8 rings (SSSR count). The van der Waals surface area contributed by atoms with Crippen LogP contribution in [0.2, 0.25) is 0 Å². The number of nitrogens with zero attached hydrogens (tertiary/aromatic N) is 1. The Balaban J connectivity index is 0.000000127. The normalized spacial score (nSPS) is 11.2. The van der Waals surface area contributed by atoms with Gasteiger partial charge in [-0.3, -0.25) is 0 Å². The SMILES string of the molecule is c1ccc(-c2cccc3[nH]c4ccccc4c23)cc1.c1ccc(-n2c3ccccc3c3ccccc32)cc1. The van der Waals surface area contributed by atoms with Crippen LogP contribution in [0.1, 0.15) is 0 Å². The Kier molecular flexibility index (Phi) is 5.49. The standard InChI is InChI=1S/2C18H13N/c1-2-8-14(9-3-1)19-17-12-6-4-10-15(17)16-11-5-7-13-18(16)19;1-2-7-13(8-3-1)14-10-6-12-17-18(14)15-9-4-5-11-16(15)19-17/h1-13H;1-12,19H. The van der Waals surface area contributed by atoms with Crippen molar-refractivity contribution >= 4 is 43.6 Å². The van der Waals surface area contributed by atoms with Crippen molar-refractivity contribution in [1.29, 1.82) is 0 Å². The molecule has 0 saturated heterocycles. The van der Waals surface area contributed by atoms with Gasteiger partial charge in [-0.1, -0.05) is 115 Å². The van der Waals surface area contributed by atoms with Gasteiger partial charge in [-0.25, -0.2) is 0 Å². The fraction of sp³-hybridized carbons (Fsp3) is 0. The van der Waals surface area contributed by atoms with E-state index in [1.165, 1.54) is 60.4 Å². The zero-order chi connectivity index (χ0) is 25.3. The molecule has 2 aromatic heterocycles. The van der Waals surface area contributed by atoms with Crippen LogP contribution in [0, 0.1) is 0 Å². The summed E-state index contributed by atoms with van der Waals surface area (Å²) in [5.74, 6) is 0. The Labute approximate surface area is 221 Å². The first-order chi connectivity index (χ1) is 18.9. The summed E-state index contributed by atoms with van der Waals surface area (Å²) in [6.07, 6.45) is 0. The highest BCUT2D eigenvalue weighted by Crippen LogP contribution is 2.34. The van der Waals surface area contributed by atoms with Crippen molar-refractivity contribution in [3.63, 3.8) is 0 Å². The van der Waals surface area contributed by atoms with E-state index in [4.69, 9.17) is 0 Å². The minimum atomic E-state index is 1.20. The molecule has 8 aromatic rings. The lowest BCUT2D eigenvalue weighted by Crippen LogP contribution is -1.92. The molecule has 0 saturated carbocycles. The van der Waals surface area contributed by atoms with Crippen molar-refractivity contribution in [3.05, 3.63) is 152 Å². The average Bonchev–Trinajstić information content (AvgIpc) is 3.54. The van der Waals surface area contributed by atoms with E-state index in [1.54, 1.807) is 0 Å². The van der Waals surface area contributed by atoms with E-state index in [2.05, 4.69) is 161 Å². The third-order valence-corrected chi connectivity index (χ3v) is 7.21. The Morgan fingerprint density at radius 1 is 0.395 bits per heavy atom. The summed E-state index contributed by atoms with van der Waals surface area (Å²) in [6, 6.07) is 53.1. The molecule has 2 nitrogen and oxygen atoms in total. The van der Waals surface area contributed by atoms with Gasteiger partial charge in [0.25, 0.3) is 0 Å². The predicted octanol–water partition coefficient (Wildman–Crippen LogP) is 9.77. The maximum Gasteiger partial charge on any atom is 0.0541 e. The number of nitrogens with one attached hydrogen (secondary N) is 1. The van der Waals surface area contributed by atoms with Gasteiger partial charge in [0, 0.05) is 38.3 Å². The summed E-state index contributed by atoms with van der Waals surface area (Å²) in [4.78, 5) is 3.49. The quantitative estimate of drug-likeness (QED) is 0.251. The third kappa shape index (κ3) is 3.75. The molecule has 1 N–H and O–H groups in total.